The first-order chi connectivity index (χ1) is 20.9. The molecule has 3 atom stereocenters. The Morgan fingerprint density at radius 1 is 1.16 bits per heavy atom. The highest BCUT2D eigenvalue weighted by atomic mass is 16.5. The first-order valence-corrected chi connectivity index (χ1v) is 15.9. The molecule has 3 heterocycles. The van der Waals surface area contributed by atoms with Crippen LogP contribution < -0.4 is 9.64 Å². The number of aromatic nitrogens is 2. The standard InChI is InChI=1S/C34H45N7O2/c1-38(2)18-7-11-31(42)41-21-20-40(23-26(41)14-17-35)32-28-13-16-34(15-12-25-8-4-5-10-29(25)34)22-30(28)36-33(37-32)43-24-27-9-6-19-39(27)3/h4-5,7-8,10-11,26-27H,6,9,12-16,18-24H2,1-3H3/b11-7+/t26-,27-,34?/m0/s1. The van der Waals surface area contributed by atoms with E-state index in [2.05, 4.69) is 47.2 Å². The predicted molar refractivity (Wildman–Crippen MR) is 167 cm³/mol. The number of likely N-dealkylation sites (tertiary alicyclic amines) is 1. The zero-order valence-corrected chi connectivity index (χ0v) is 26.0. The lowest BCUT2D eigenvalue weighted by atomic mass is 9.69. The quantitative estimate of drug-likeness (QED) is 0.437. The lowest BCUT2D eigenvalue weighted by molar-refractivity contribution is -0.128. The summed E-state index contributed by atoms with van der Waals surface area (Å²) in [6, 6.07) is 11.9. The Bertz CT molecular complexity index is 1400. The topological polar surface area (TPSA) is 88.8 Å². The third-order valence-electron chi connectivity index (χ3n) is 10.1. The van der Waals surface area contributed by atoms with Crippen molar-refractivity contribution in [3.63, 3.8) is 0 Å². The number of piperazine rings is 1. The smallest absolute Gasteiger partial charge is 0.318 e. The summed E-state index contributed by atoms with van der Waals surface area (Å²) in [4.78, 5) is 31.8. The molecule has 1 amide bonds. The summed E-state index contributed by atoms with van der Waals surface area (Å²) >= 11 is 0. The van der Waals surface area contributed by atoms with Gasteiger partial charge in [0.25, 0.3) is 0 Å². The molecule has 228 valence electrons. The van der Waals surface area contributed by atoms with E-state index in [1.165, 1.54) is 23.1 Å². The largest absolute Gasteiger partial charge is 0.462 e. The number of rotatable bonds is 8. The number of anilines is 1. The molecule has 1 spiro atoms. The number of carbonyl (C=O) groups is 1. The average Bonchev–Trinajstić information content (AvgIpc) is 3.58. The Hall–Kier alpha value is -3.48. The third kappa shape index (κ3) is 6.13. The maximum absolute atomic E-state index is 13.1. The molecule has 43 heavy (non-hydrogen) atoms. The number of hydrogen-bond acceptors (Lipinski definition) is 8. The molecule has 2 aliphatic carbocycles. The minimum absolute atomic E-state index is 0.0296. The molecule has 9 heteroatoms. The van der Waals surface area contributed by atoms with Crippen molar-refractivity contribution < 1.29 is 9.53 Å². The number of likely N-dealkylation sites (N-methyl/N-ethyl adjacent to an activating group) is 2. The molecule has 2 aromatic rings. The van der Waals surface area contributed by atoms with Gasteiger partial charge in [-0.25, -0.2) is 0 Å². The van der Waals surface area contributed by atoms with Gasteiger partial charge in [0.1, 0.15) is 12.4 Å². The van der Waals surface area contributed by atoms with Crippen LogP contribution in [0.2, 0.25) is 0 Å². The summed E-state index contributed by atoms with van der Waals surface area (Å²) in [7, 11) is 6.12. The van der Waals surface area contributed by atoms with Crippen molar-refractivity contribution in [3.8, 4) is 12.1 Å². The highest BCUT2D eigenvalue weighted by molar-refractivity contribution is 5.88. The van der Waals surface area contributed by atoms with E-state index < -0.39 is 0 Å². The maximum Gasteiger partial charge on any atom is 0.318 e. The Labute approximate surface area is 256 Å². The first kappa shape index (κ1) is 29.6. The monoisotopic (exact) mass is 583 g/mol. The van der Waals surface area contributed by atoms with Gasteiger partial charge in [-0.3, -0.25) is 4.79 Å². The summed E-state index contributed by atoms with van der Waals surface area (Å²) in [5, 5.41) is 9.67. The van der Waals surface area contributed by atoms with Gasteiger partial charge in [-0.2, -0.15) is 15.2 Å². The first-order valence-electron chi connectivity index (χ1n) is 15.9. The van der Waals surface area contributed by atoms with E-state index >= 15 is 0 Å². The number of nitriles is 1. The Morgan fingerprint density at radius 3 is 2.79 bits per heavy atom. The number of hydrogen-bond donors (Lipinski definition) is 0. The molecule has 0 N–H and O–H groups in total. The fraction of sp³-hybridized carbons (Fsp3) is 0.588. The molecular weight excluding hydrogens is 538 g/mol. The van der Waals surface area contributed by atoms with Crippen molar-refractivity contribution in [1.82, 2.24) is 24.7 Å². The van der Waals surface area contributed by atoms with E-state index in [0.29, 0.717) is 44.8 Å². The van der Waals surface area contributed by atoms with Gasteiger partial charge in [-0.1, -0.05) is 30.3 Å². The molecule has 2 fully saturated rings. The lowest BCUT2D eigenvalue weighted by Crippen LogP contribution is -2.55. The van der Waals surface area contributed by atoms with Crippen molar-refractivity contribution in [2.24, 2.45) is 0 Å². The second-order valence-electron chi connectivity index (χ2n) is 13.1. The SMILES string of the molecule is CN(C)C/C=C/C(=O)N1CCN(c2nc(OC[C@@H]3CCCN3C)nc3c2CCC2(CCc4ccccc42)C3)C[C@@H]1CC#N. The minimum atomic E-state index is -0.200. The summed E-state index contributed by atoms with van der Waals surface area (Å²) < 4.78 is 6.36. The van der Waals surface area contributed by atoms with Crippen LogP contribution in [0, 0.1) is 11.3 Å². The molecule has 2 saturated heterocycles. The van der Waals surface area contributed by atoms with Crippen molar-refractivity contribution in [1.29, 1.82) is 5.26 Å². The number of ether oxygens (including phenoxy) is 1. The fourth-order valence-electron chi connectivity index (χ4n) is 7.64. The van der Waals surface area contributed by atoms with Gasteiger partial charge in [-0.15, -0.1) is 0 Å². The van der Waals surface area contributed by atoms with Crippen LogP contribution in [0.15, 0.2) is 36.4 Å². The van der Waals surface area contributed by atoms with Crippen molar-refractivity contribution in [3.05, 3.63) is 58.8 Å². The van der Waals surface area contributed by atoms with Crippen LogP contribution in [-0.4, -0.2) is 103 Å². The molecule has 0 saturated carbocycles. The molecule has 0 bridgehead atoms. The van der Waals surface area contributed by atoms with Crippen LogP contribution in [0.25, 0.3) is 0 Å². The number of carbonyl (C=O) groups excluding carboxylic acids is 1. The number of aryl methyl sites for hydroxylation is 1. The zero-order chi connectivity index (χ0) is 30.0. The van der Waals surface area contributed by atoms with Crippen LogP contribution in [-0.2, 0) is 29.5 Å². The van der Waals surface area contributed by atoms with Crippen molar-refractivity contribution >= 4 is 11.7 Å². The number of nitrogens with zero attached hydrogens (tertiary/aromatic N) is 7. The van der Waals surface area contributed by atoms with Gasteiger partial charge in [0.2, 0.25) is 5.91 Å². The van der Waals surface area contributed by atoms with E-state index in [9.17, 15) is 10.1 Å². The van der Waals surface area contributed by atoms with Gasteiger partial charge in [0.15, 0.2) is 0 Å². The summed E-state index contributed by atoms with van der Waals surface area (Å²) in [5.41, 5.74) is 5.39. The molecule has 9 nitrogen and oxygen atoms in total. The Morgan fingerprint density at radius 2 is 2.00 bits per heavy atom. The Balaban J connectivity index is 1.28. The highest BCUT2D eigenvalue weighted by Crippen LogP contribution is 2.48. The molecule has 4 aliphatic rings. The second kappa shape index (κ2) is 12.6. The average molecular weight is 584 g/mol. The number of benzene rings is 1. The van der Waals surface area contributed by atoms with E-state index in [1.807, 2.05) is 30.0 Å². The summed E-state index contributed by atoms with van der Waals surface area (Å²) in [6.07, 6.45) is 11.3. The van der Waals surface area contributed by atoms with Gasteiger partial charge in [0.05, 0.1) is 24.2 Å². The zero-order valence-electron chi connectivity index (χ0n) is 26.0. The van der Waals surface area contributed by atoms with Crippen molar-refractivity contribution in [2.75, 3.05) is 65.4 Å². The van der Waals surface area contributed by atoms with Crippen LogP contribution in [0.1, 0.15) is 54.5 Å². The third-order valence-corrected chi connectivity index (χ3v) is 10.1. The lowest BCUT2D eigenvalue weighted by Gasteiger charge is -2.42. The molecule has 1 aromatic carbocycles. The Kier molecular flexibility index (Phi) is 8.69. The number of fused-ring (bicyclic) bond motifs is 3. The minimum Gasteiger partial charge on any atom is -0.462 e. The van der Waals surface area contributed by atoms with E-state index in [1.54, 1.807) is 6.08 Å². The van der Waals surface area contributed by atoms with Gasteiger partial charge in [0, 0.05) is 49.3 Å². The molecule has 0 radical (unpaired) electrons. The van der Waals surface area contributed by atoms with E-state index in [4.69, 9.17) is 14.7 Å². The summed E-state index contributed by atoms with van der Waals surface area (Å²) in [5.74, 6) is 0.900. The van der Waals surface area contributed by atoms with E-state index in [0.717, 1.165) is 56.6 Å². The van der Waals surface area contributed by atoms with Crippen LogP contribution in [0.3, 0.4) is 0 Å². The molecule has 6 rings (SSSR count). The molecule has 2 aliphatic heterocycles. The van der Waals surface area contributed by atoms with Gasteiger partial charge in [-0.05, 0) is 83.8 Å². The fourth-order valence-corrected chi connectivity index (χ4v) is 7.64. The predicted octanol–water partition coefficient (Wildman–Crippen LogP) is 3.37. The van der Waals surface area contributed by atoms with Crippen LogP contribution in [0.5, 0.6) is 6.01 Å². The molecule has 1 aromatic heterocycles. The summed E-state index contributed by atoms with van der Waals surface area (Å²) in [6.45, 7) is 4.17. The normalized spacial score (nSPS) is 25.4. The van der Waals surface area contributed by atoms with E-state index in [-0.39, 0.29) is 23.8 Å². The highest BCUT2D eigenvalue weighted by Gasteiger charge is 2.43. The molecular formula is C34H45N7O2. The van der Waals surface area contributed by atoms with Gasteiger partial charge >= 0.3 is 6.01 Å². The second-order valence-corrected chi connectivity index (χ2v) is 13.1. The number of amides is 1. The van der Waals surface area contributed by atoms with Crippen LogP contribution >= 0.6 is 0 Å². The molecule has 1 unspecified atom stereocenters. The maximum atomic E-state index is 13.1. The van der Waals surface area contributed by atoms with Crippen molar-refractivity contribution in [2.45, 2.75) is 68.9 Å². The van der Waals surface area contributed by atoms with Crippen LogP contribution in [0.4, 0.5) is 5.82 Å². The van der Waals surface area contributed by atoms with Gasteiger partial charge < -0.3 is 24.3 Å².